The topological polar surface area (TPSA) is 78.4 Å². The van der Waals surface area contributed by atoms with Crippen molar-refractivity contribution < 1.29 is 10.0 Å². The van der Waals surface area contributed by atoms with E-state index in [1.807, 2.05) is 0 Å². The fraction of sp³-hybridized carbons (Fsp3) is 0. The van der Waals surface area contributed by atoms with Gasteiger partial charge in [-0.25, -0.2) is 4.94 Å². The summed E-state index contributed by atoms with van der Waals surface area (Å²) in [5.74, 6) is 3.97. The van der Waals surface area contributed by atoms with Gasteiger partial charge in [0.15, 0.2) is 0 Å². The van der Waals surface area contributed by atoms with E-state index in [2.05, 4.69) is 10.8 Å². The summed E-state index contributed by atoms with van der Waals surface area (Å²) in [6.45, 7) is 0. The first-order valence-electron chi connectivity index (χ1n) is 0.783. The highest BCUT2D eigenvalue weighted by Crippen LogP contribution is 1.52. The second-order valence-electron chi connectivity index (χ2n) is 0.329. The average molecular weight is 114 g/mol. The van der Waals surface area contributed by atoms with Gasteiger partial charge in [-0.2, -0.15) is 5.90 Å². The highest BCUT2D eigenvalue weighted by atomic mass is 35.5. The predicted molar refractivity (Wildman–Crippen MR) is 19.5 cm³/mol. The molecule has 0 aromatic carbocycles. The third kappa shape index (κ3) is 9.85. The first-order chi connectivity index (χ1) is 2.27. The number of nitrogens with two attached hydrogens (primary N) is 1. The van der Waals surface area contributed by atoms with Gasteiger partial charge in [0.1, 0.15) is 0 Å². The Bertz CT molecular complexity index is 44.1. The third-order valence-electron chi connectivity index (χ3n) is 0.0861. The maximum Gasteiger partial charge on any atom is 0.311 e. The molecule has 38 valence electrons. The fourth-order valence-electron chi connectivity index (χ4n) is 0. The van der Waals surface area contributed by atoms with E-state index >= 15 is 0 Å². The molecule has 0 spiro atoms. The second kappa shape index (κ2) is 4.45. The molecule has 0 aliphatic heterocycles. The van der Waals surface area contributed by atoms with Crippen molar-refractivity contribution in [3.63, 3.8) is 0 Å². The van der Waals surface area contributed by atoms with E-state index in [0.29, 0.717) is 0 Å². The van der Waals surface area contributed by atoms with Crippen molar-refractivity contribution in [2.24, 2.45) is 5.90 Å². The first-order valence-corrected chi connectivity index (χ1v) is 0.783. The zero-order valence-electron chi connectivity index (χ0n) is 2.66. The van der Waals surface area contributed by atoms with Crippen LogP contribution in [0.15, 0.2) is 0 Å². The van der Waals surface area contributed by atoms with Crippen LogP contribution in [0.5, 0.6) is 0 Å². The number of nitrogens with zero attached hydrogens (tertiary/aromatic N) is 1. The van der Waals surface area contributed by atoms with Crippen LogP contribution in [0.3, 0.4) is 0 Å². The molecule has 0 fully saturated rings. The molecule has 0 saturated heterocycles. The van der Waals surface area contributed by atoms with Gasteiger partial charge in [0.05, 0.1) is 0 Å². The molecule has 0 aromatic rings. The van der Waals surface area contributed by atoms with Crippen LogP contribution in [-0.2, 0) is 4.94 Å². The predicted octanol–water partition coefficient (Wildman–Crippen LogP) is -0.510. The van der Waals surface area contributed by atoms with Crippen molar-refractivity contribution >= 4 is 12.4 Å². The van der Waals surface area contributed by atoms with E-state index in [1.54, 1.807) is 0 Å². The average Bonchev–Trinajstić information content (AvgIpc) is 1.38. The standard InChI is InChI=1S/ClH.H2N2O3/c;1-5-2(3)4/h1H;1H2. The first kappa shape index (κ1) is 9.07. The maximum atomic E-state index is 8.83. The molecular weight excluding hydrogens is 111 g/mol. The largest absolute Gasteiger partial charge is 0.311 e. The van der Waals surface area contributed by atoms with Crippen LogP contribution in [0.4, 0.5) is 0 Å². The lowest BCUT2D eigenvalue weighted by Crippen LogP contribution is -2.05. The van der Waals surface area contributed by atoms with Gasteiger partial charge in [0.25, 0.3) is 0 Å². The zero-order valence-corrected chi connectivity index (χ0v) is 3.47. The molecule has 0 heterocycles. The molecule has 6 heavy (non-hydrogen) atoms. The Hall–Kier alpha value is -0.550. The van der Waals surface area contributed by atoms with E-state index in [0.717, 1.165) is 0 Å². The van der Waals surface area contributed by atoms with Crippen molar-refractivity contribution in [3.8, 4) is 0 Å². The molecule has 2 N–H and O–H groups in total. The quantitative estimate of drug-likeness (QED) is 0.368. The lowest BCUT2D eigenvalue weighted by atomic mass is 13.0. The van der Waals surface area contributed by atoms with Crippen LogP contribution in [-0.4, -0.2) is 5.09 Å². The summed E-state index contributed by atoms with van der Waals surface area (Å²) in [6, 6.07) is 0. The minimum atomic E-state index is -1.10. The van der Waals surface area contributed by atoms with E-state index in [-0.39, 0.29) is 12.4 Å². The molecule has 0 amide bonds. The summed E-state index contributed by atoms with van der Waals surface area (Å²) in [6.07, 6.45) is 0. The molecule has 0 aromatic heterocycles. The third-order valence-corrected chi connectivity index (χ3v) is 0.0861. The number of hydrogen-bond donors (Lipinski definition) is 1. The summed E-state index contributed by atoms with van der Waals surface area (Å²) in [7, 11) is 0. The van der Waals surface area contributed by atoms with Crippen LogP contribution >= 0.6 is 12.4 Å². The summed E-state index contributed by atoms with van der Waals surface area (Å²) in [5, 5.41) is 7.73. The molecule has 0 atom stereocenters. The highest BCUT2D eigenvalue weighted by Gasteiger charge is 1.78. The van der Waals surface area contributed by atoms with Crippen molar-refractivity contribution in [2.45, 2.75) is 0 Å². The molecule has 0 saturated carbocycles. The monoisotopic (exact) mass is 114 g/mol. The molecule has 0 unspecified atom stereocenters. The summed E-state index contributed by atoms with van der Waals surface area (Å²) >= 11 is 0. The van der Waals surface area contributed by atoms with Crippen LogP contribution < -0.4 is 5.90 Å². The molecule has 0 aliphatic rings. The molecule has 6 heteroatoms. The molecule has 5 nitrogen and oxygen atoms in total. The Balaban J connectivity index is 0. The Morgan fingerprint density at radius 1 is 1.83 bits per heavy atom. The molecule has 0 aliphatic carbocycles. The zero-order chi connectivity index (χ0) is 4.28. The SMILES string of the molecule is Cl.NO[N+](=O)[O-]. The number of hydrogen-bond acceptors (Lipinski definition) is 4. The fourth-order valence-corrected chi connectivity index (χ4v) is 0. The molecule has 0 rings (SSSR count). The normalized spacial score (nSPS) is 5.50. The van der Waals surface area contributed by atoms with Crippen LogP contribution in [0.25, 0.3) is 0 Å². The number of halogens is 1. The summed E-state index contributed by atoms with van der Waals surface area (Å²) in [5.41, 5.74) is 0. The van der Waals surface area contributed by atoms with Gasteiger partial charge < -0.3 is 0 Å². The Kier molecular flexibility index (Phi) is 6.72. The molecule has 0 radical (unpaired) electrons. The van der Waals surface area contributed by atoms with Gasteiger partial charge >= 0.3 is 5.09 Å². The van der Waals surface area contributed by atoms with Gasteiger partial charge in [0, 0.05) is 0 Å². The minimum Gasteiger partial charge on any atom is -0.223 e. The van der Waals surface area contributed by atoms with Gasteiger partial charge in [-0.05, 0) is 0 Å². The van der Waals surface area contributed by atoms with Gasteiger partial charge in [0.2, 0.25) is 0 Å². The van der Waals surface area contributed by atoms with Crippen LogP contribution in [0.1, 0.15) is 0 Å². The Morgan fingerprint density at radius 2 is 2.00 bits per heavy atom. The van der Waals surface area contributed by atoms with Crippen molar-refractivity contribution in [1.82, 2.24) is 0 Å². The van der Waals surface area contributed by atoms with Gasteiger partial charge in [-0.3, -0.25) is 0 Å². The van der Waals surface area contributed by atoms with Crippen molar-refractivity contribution in [1.29, 1.82) is 0 Å². The smallest absolute Gasteiger partial charge is 0.223 e. The summed E-state index contributed by atoms with van der Waals surface area (Å²) < 4.78 is 0. The maximum absolute atomic E-state index is 8.83. The Labute approximate surface area is 39.5 Å². The van der Waals surface area contributed by atoms with E-state index in [4.69, 9.17) is 10.1 Å². The Morgan fingerprint density at radius 3 is 2.00 bits per heavy atom. The van der Waals surface area contributed by atoms with Crippen LogP contribution in [0.2, 0.25) is 0 Å². The van der Waals surface area contributed by atoms with E-state index < -0.39 is 5.09 Å². The molecular formula is H3ClN2O3. The summed E-state index contributed by atoms with van der Waals surface area (Å²) in [4.78, 5) is 11.8. The lowest BCUT2D eigenvalue weighted by molar-refractivity contribution is -0.762. The van der Waals surface area contributed by atoms with Gasteiger partial charge in [-0.15, -0.1) is 22.5 Å². The number of rotatable bonds is 1. The van der Waals surface area contributed by atoms with Crippen molar-refractivity contribution in [3.05, 3.63) is 10.1 Å². The second-order valence-corrected chi connectivity index (χ2v) is 0.329. The van der Waals surface area contributed by atoms with Crippen molar-refractivity contribution in [2.75, 3.05) is 0 Å². The minimum absolute atomic E-state index is 0. The van der Waals surface area contributed by atoms with E-state index in [9.17, 15) is 0 Å². The van der Waals surface area contributed by atoms with Gasteiger partial charge in [-0.1, -0.05) is 0 Å². The highest BCUT2D eigenvalue weighted by molar-refractivity contribution is 5.85. The molecule has 0 bridgehead atoms. The lowest BCUT2D eigenvalue weighted by Gasteiger charge is -1.74. The van der Waals surface area contributed by atoms with E-state index in [1.165, 1.54) is 0 Å². The van der Waals surface area contributed by atoms with Crippen LogP contribution in [0, 0.1) is 10.1 Å².